The highest BCUT2D eigenvalue weighted by atomic mass is 127. The quantitative estimate of drug-likeness (QED) is 0.328. The molecule has 0 fully saturated rings. The van der Waals surface area contributed by atoms with E-state index in [9.17, 15) is 0 Å². The van der Waals surface area contributed by atoms with Crippen LogP contribution in [0.15, 0.2) is 47.5 Å². The number of ether oxygens (including phenoxy) is 2. The van der Waals surface area contributed by atoms with Gasteiger partial charge in [0.1, 0.15) is 0 Å². The van der Waals surface area contributed by atoms with E-state index in [2.05, 4.69) is 58.8 Å². The Bertz CT molecular complexity index is 768. The van der Waals surface area contributed by atoms with Gasteiger partial charge in [0.2, 0.25) is 0 Å². The SMILES string of the molecule is CCN(C)Cc1cccc(CNC(=NC)Nc2ccc(OC)c(OC)c2)c1.I. The van der Waals surface area contributed by atoms with E-state index in [4.69, 9.17) is 9.47 Å². The molecular formula is C21H31IN4O2. The van der Waals surface area contributed by atoms with Crippen molar-refractivity contribution in [1.82, 2.24) is 10.2 Å². The Morgan fingerprint density at radius 2 is 1.75 bits per heavy atom. The number of hydrogen-bond donors (Lipinski definition) is 2. The molecule has 28 heavy (non-hydrogen) atoms. The third-order valence-electron chi connectivity index (χ3n) is 4.31. The molecule has 2 aromatic carbocycles. The van der Waals surface area contributed by atoms with Crippen LogP contribution in [0.3, 0.4) is 0 Å². The summed E-state index contributed by atoms with van der Waals surface area (Å²) < 4.78 is 10.6. The molecule has 0 saturated carbocycles. The summed E-state index contributed by atoms with van der Waals surface area (Å²) in [5, 5.41) is 6.62. The topological polar surface area (TPSA) is 58.1 Å². The predicted molar refractivity (Wildman–Crippen MR) is 127 cm³/mol. The summed E-state index contributed by atoms with van der Waals surface area (Å²) in [6, 6.07) is 14.3. The van der Waals surface area contributed by atoms with Gasteiger partial charge in [0, 0.05) is 31.9 Å². The van der Waals surface area contributed by atoms with Gasteiger partial charge >= 0.3 is 0 Å². The largest absolute Gasteiger partial charge is 0.493 e. The van der Waals surface area contributed by atoms with Crippen molar-refractivity contribution in [3.8, 4) is 11.5 Å². The Morgan fingerprint density at radius 3 is 2.39 bits per heavy atom. The molecule has 154 valence electrons. The Morgan fingerprint density at radius 1 is 1.04 bits per heavy atom. The maximum Gasteiger partial charge on any atom is 0.195 e. The van der Waals surface area contributed by atoms with E-state index in [1.54, 1.807) is 21.3 Å². The molecule has 0 radical (unpaired) electrons. The van der Waals surface area contributed by atoms with Crippen molar-refractivity contribution >= 4 is 35.6 Å². The van der Waals surface area contributed by atoms with Gasteiger partial charge in [0.05, 0.1) is 14.2 Å². The summed E-state index contributed by atoms with van der Waals surface area (Å²) in [7, 11) is 7.12. The number of methoxy groups -OCH3 is 2. The lowest BCUT2D eigenvalue weighted by Gasteiger charge is -2.16. The highest BCUT2D eigenvalue weighted by Gasteiger charge is 2.06. The summed E-state index contributed by atoms with van der Waals surface area (Å²) in [5.41, 5.74) is 3.40. The number of halogens is 1. The minimum atomic E-state index is 0. The molecule has 2 rings (SSSR count). The first-order valence-electron chi connectivity index (χ1n) is 9.05. The van der Waals surface area contributed by atoms with Crippen molar-refractivity contribution in [3.05, 3.63) is 53.6 Å². The molecule has 2 aromatic rings. The van der Waals surface area contributed by atoms with Crippen LogP contribution in [0.5, 0.6) is 11.5 Å². The molecule has 0 amide bonds. The van der Waals surface area contributed by atoms with Crippen LogP contribution in [-0.2, 0) is 13.1 Å². The predicted octanol–water partition coefficient (Wildman–Crippen LogP) is 3.96. The Hall–Kier alpha value is -2.00. The Balaban J connectivity index is 0.00000392. The Kier molecular flexibility index (Phi) is 10.7. The monoisotopic (exact) mass is 498 g/mol. The average Bonchev–Trinajstić information content (AvgIpc) is 2.71. The smallest absolute Gasteiger partial charge is 0.195 e. The van der Waals surface area contributed by atoms with E-state index in [1.165, 1.54) is 11.1 Å². The molecule has 0 aliphatic rings. The third kappa shape index (κ3) is 7.20. The molecule has 0 spiro atoms. The molecule has 6 nitrogen and oxygen atoms in total. The van der Waals surface area contributed by atoms with Gasteiger partial charge in [-0.05, 0) is 36.9 Å². The second-order valence-corrected chi connectivity index (χ2v) is 6.27. The van der Waals surface area contributed by atoms with E-state index >= 15 is 0 Å². The van der Waals surface area contributed by atoms with Gasteiger partial charge in [0.25, 0.3) is 0 Å². The van der Waals surface area contributed by atoms with Crippen LogP contribution in [0.1, 0.15) is 18.1 Å². The molecule has 0 aliphatic heterocycles. The van der Waals surface area contributed by atoms with Gasteiger partial charge in [-0.25, -0.2) is 0 Å². The fourth-order valence-electron chi connectivity index (χ4n) is 2.68. The number of anilines is 1. The van der Waals surface area contributed by atoms with E-state index in [1.807, 2.05) is 18.2 Å². The van der Waals surface area contributed by atoms with E-state index in [0.717, 1.165) is 18.8 Å². The van der Waals surface area contributed by atoms with Crippen LogP contribution >= 0.6 is 24.0 Å². The number of rotatable bonds is 8. The summed E-state index contributed by atoms with van der Waals surface area (Å²) in [5.74, 6) is 2.06. The van der Waals surface area contributed by atoms with E-state index < -0.39 is 0 Å². The number of benzene rings is 2. The molecular weight excluding hydrogens is 467 g/mol. The third-order valence-corrected chi connectivity index (χ3v) is 4.31. The standard InChI is InChI=1S/C21H30N4O2.HI/c1-6-25(3)15-17-9-7-8-16(12-17)14-23-21(22-2)24-18-10-11-19(26-4)20(13-18)27-5;/h7-13H,6,14-15H2,1-5H3,(H2,22,23,24);1H. The van der Waals surface area contributed by atoms with Gasteiger partial charge in [-0.3, -0.25) is 4.99 Å². The lowest BCUT2D eigenvalue weighted by atomic mass is 10.1. The zero-order valence-corrected chi connectivity index (χ0v) is 19.6. The fourth-order valence-corrected chi connectivity index (χ4v) is 2.68. The first kappa shape index (κ1) is 24.0. The lowest BCUT2D eigenvalue weighted by Crippen LogP contribution is -2.30. The number of nitrogens with zero attached hydrogens (tertiary/aromatic N) is 2. The molecule has 0 bridgehead atoms. The van der Waals surface area contributed by atoms with Gasteiger partial charge in [-0.1, -0.05) is 31.2 Å². The van der Waals surface area contributed by atoms with E-state index in [-0.39, 0.29) is 24.0 Å². The summed E-state index contributed by atoms with van der Waals surface area (Å²) in [4.78, 5) is 6.58. The maximum absolute atomic E-state index is 5.35. The molecule has 0 aromatic heterocycles. The van der Waals surface area contributed by atoms with Crippen molar-refractivity contribution in [3.63, 3.8) is 0 Å². The highest BCUT2D eigenvalue weighted by Crippen LogP contribution is 2.29. The molecule has 0 saturated heterocycles. The van der Waals surface area contributed by atoms with Crippen LogP contribution in [-0.4, -0.2) is 45.7 Å². The zero-order chi connectivity index (χ0) is 19.6. The molecule has 0 heterocycles. The lowest BCUT2D eigenvalue weighted by molar-refractivity contribution is 0.345. The second kappa shape index (κ2) is 12.5. The molecule has 0 aliphatic carbocycles. The number of guanidine groups is 1. The second-order valence-electron chi connectivity index (χ2n) is 6.27. The molecule has 7 heteroatoms. The fraction of sp³-hybridized carbons (Fsp3) is 0.381. The molecule has 2 N–H and O–H groups in total. The van der Waals surface area contributed by atoms with Crippen LogP contribution in [0.4, 0.5) is 5.69 Å². The van der Waals surface area contributed by atoms with Crippen LogP contribution in [0.25, 0.3) is 0 Å². The maximum atomic E-state index is 5.35. The minimum absolute atomic E-state index is 0. The van der Waals surface area contributed by atoms with Crippen molar-refractivity contribution in [2.24, 2.45) is 4.99 Å². The van der Waals surface area contributed by atoms with Crippen molar-refractivity contribution < 1.29 is 9.47 Å². The zero-order valence-electron chi connectivity index (χ0n) is 17.3. The minimum Gasteiger partial charge on any atom is -0.493 e. The van der Waals surface area contributed by atoms with Crippen molar-refractivity contribution in [2.75, 3.05) is 40.2 Å². The molecule has 0 unspecified atom stereocenters. The summed E-state index contributed by atoms with van der Waals surface area (Å²) in [6.45, 7) is 4.83. The average molecular weight is 498 g/mol. The van der Waals surface area contributed by atoms with Crippen LogP contribution in [0, 0.1) is 0 Å². The van der Waals surface area contributed by atoms with Crippen molar-refractivity contribution in [1.29, 1.82) is 0 Å². The first-order valence-corrected chi connectivity index (χ1v) is 9.05. The molecule has 0 atom stereocenters. The van der Waals surface area contributed by atoms with Gasteiger partial charge in [-0.15, -0.1) is 24.0 Å². The van der Waals surface area contributed by atoms with Gasteiger partial charge in [0.15, 0.2) is 17.5 Å². The van der Waals surface area contributed by atoms with Gasteiger partial charge in [-0.2, -0.15) is 0 Å². The first-order chi connectivity index (χ1) is 13.1. The number of hydrogen-bond acceptors (Lipinski definition) is 4. The number of aliphatic imine (C=N–C) groups is 1. The summed E-state index contributed by atoms with van der Waals surface area (Å²) in [6.07, 6.45) is 0. The number of nitrogens with one attached hydrogen (secondary N) is 2. The Labute approximate surface area is 185 Å². The van der Waals surface area contributed by atoms with Crippen LogP contribution < -0.4 is 20.1 Å². The van der Waals surface area contributed by atoms with Crippen LogP contribution in [0.2, 0.25) is 0 Å². The van der Waals surface area contributed by atoms with Crippen molar-refractivity contribution in [2.45, 2.75) is 20.0 Å². The normalized spacial score (nSPS) is 11.0. The van der Waals surface area contributed by atoms with Gasteiger partial charge < -0.3 is 25.0 Å². The summed E-state index contributed by atoms with van der Waals surface area (Å²) >= 11 is 0. The van der Waals surface area contributed by atoms with E-state index in [0.29, 0.717) is 24.0 Å². The highest BCUT2D eigenvalue weighted by molar-refractivity contribution is 14.0.